The van der Waals surface area contributed by atoms with E-state index in [4.69, 9.17) is 0 Å². The number of rotatable bonds is 3. The summed E-state index contributed by atoms with van der Waals surface area (Å²) in [5.41, 5.74) is 4.20. The van der Waals surface area contributed by atoms with Gasteiger partial charge in [0.2, 0.25) is 5.78 Å². The van der Waals surface area contributed by atoms with Crippen LogP contribution in [0.5, 0.6) is 0 Å². The minimum atomic E-state index is -0.358. The zero-order valence-electron chi connectivity index (χ0n) is 13.0. The van der Waals surface area contributed by atoms with Gasteiger partial charge in [0.15, 0.2) is 5.84 Å². The molecule has 0 amide bonds. The van der Waals surface area contributed by atoms with E-state index in [1.165, 1.54) is 5.56 Å². The molecule has 0 aliphatic carbocycles. The van der Waals surface area contributed by atoms with E-state index in [1.807, 2.05) is 35.8 Å². The van der Waals surface area contributed by atoms with E-state index in [1.54, 1.807) is 24.3 Å². The van der Waals surface area contributed by atoms with Gasteiger partial charge in [-0.3, -0.25) is 10.0 Å². The number of carbonyl (C=O) groups excluding carboxylic acids is 1. The third-order valence-electron chi connectivity index (χ3n) is 3.33. The van der Waals surface area contributed by atoms with Gasteiger partial charge in [-0.15, -0.1) is 0 Å². The van der Waals surface area contributed by atoms with Crippen molar-refractivity contribution < 1.29 is 10.0 Å². The largest absolute Gasteiger partial charge is 0.290 e. The molecule has 4 nitrogen and oxygen atoms in total. The lowest BCUT2D eigenvalue weighted by molar-refractivity contribution is 0.104. The van der Waals surface area contributed by atoms with Crippen LogP contribution in [0.25, 0.3) is 0 Å². The van der Waals surface area contributed by atoms with E-state index in [0.29, 0.717) is 11.3 Å². The number of aliphatic imine (C=N–C) groups is 1. The molecule has 2 N–H and O–H groups in total. The molecule has 0 saturated heterocycles. The Labute approximate surface area is 130 Å². The SMILES string of the molecule is CC(C)(C)c1ccc(N=C(NO)C(=O)c2ccccc2)cc1. The Bertz CT molecular complexity index is 668. The predicted molar refractivity (Wildman–Crippen MR) is 87.9 cm³/mol. The quantitative estimate of drug-likeness (QED) is 0.391. The van der Waals surface area contributed by atoms with Crippen molar-refractivity contribution in [3.63, 3.8) is 0 Å². The monoisotopic (exact) mass is 296 g/mol. The molecule has 0 aromatic heterocycles. The lowest BCUT2D eigenvalue weighted by Crippen LogP contribution is -2.28. The molecule has 2 aromatic carbocycles. The van der Waals surface area contributed by atoms with Crippen molar-refractivity contribution in [2.75, 3.05) is 0 Å². The maximum Gasteiger partial charge on any atom is 0.230 e. The van der Waals surface area contributed by atoms with E-state index in [9.17, 15) is 10.0 Å². The highest BCUT2D eigenvalue weighted by atomic mass is 16.5. The lowest BCUT2D eigenvalue weighted by Gasteiger charge is -2.18. The standard InChI is InChI=1S/C18H20N2O2/c1-18(2,3)14-9-11-15(12-10-14)19-17(20-22)16(21)13-7-5-4-6-8-13/h4-12,22H,1-3H3,(H,19,20). The summed E-state index contributed by atoms with van der Waals surface area (Å²) in [6.45, 7) is 6.39. The number of Topliss-reactive ketones (excluding diaryl/α,β-unsaturated/α-hetero) is 1. The number of carbonyl (C=O) groups is 1. The van der Waals surface area contributed by atoms with Crippen LogP contribution >= 0.6 is 0 Å². The fourth-order valence-electron chi connectivity index (χ4n) is 2.02. The summed E-state index contributed by atoms with van der Waals surface area (Å²) in [6.07, 6.45) is 0. The minimum Gasteiger partial charge on any atom is -0.290 e. The third kappa shape index (κ3) is 3.80. The third-order valence-corrected chi connectivity index (χ3v) is 3.33. The number of nitrogens with zero attached hydrogens (tertiary/aromatic N) is 1. The first-order chi connectivity index (χ1) is 10.4. The molecular formula is C18H20N2O2. The molecule has 0 atom stereocenters. The van der Waals surface area contributed by atoms with E-state index in [-0.39, 0.29) is 17.0 Å². The van der Waals surface area contributed by atoms with Crippen LogP contribution in [0.1, 0.15) is 36.7 Å². The van der Waals surface area contributed by atoms with Gasteiger partial charge in [0.25, 0.3) is 0 Å². The van der Waals surface area contributed by atoms with Crippen molar-refractivity contribution in [2.45, 2.75) is 26.2 Å². The normalized spacial score (nSPS) is 12.1. The summed E-state index contributed by atoms with van der Waals surface area (Å²) in [5.74, 6) is -0.460. The fourth-order valence-corrected chi connectivity index (χ4v) is 2.02. The van der Waals surface area contributed by atoms with Crippen LogP contribution in [0.15, 0.2) is 59.6 Å². The van der Waals surface area contributed by atoms with Crippen molar-refractivity contribution in [3.8, 4) is 0 Å². The molecule has 114 valence electrons. The van der Waals surface area contributed by atoms with Crippen LogP contribution < -0.4 is 5.48 Å². The Kier molecular flexibility index (Phi) is 4.73. The van der Waals surface area contributed by atoms with Crippen LogP contribution in [-0.2, 0) is 5.41 Å². The van der Waals surface area contributed by atoms with E-state index in [0.717, 1.165) is 0 Å². The summed E-state index contributed by atoms with van der Waals surface area (Å²) < 4.78 is 0. The van der Waals surface area contributed by atoms with Crippen molar-refractivity contribution in [3.05, 3.63) is 65.7 Å². The summed E-state index contributed by atoms with van der Waals surface area (Å²) in [6, 6.07) is 16.3. The van der Waals surface area contributed by atoms with E-state index in [2.05, 4.69) is 25.8 Å². The van der Waals surface area contributed by atoms with Crippen LogP contribution in [0.4, 0.5) is 5.69 Å². The van der Waals surface area contributed by atoms with Gasteiger partial charge in [0.1, 0.15) is 0 Å². The Morgan fingerprint density at radius 1 is 1.00 bits per heavy atom. The molecule has 0 bridgehead atoms. The van der Waals surface area contributed by atoms with E-state index >= 15 is 0 Å². The first-order valence-corrected chi connectivity index (χ1v) is 7.11. The van der Waals surface area contributed by atoms with Gasteiger partial charge in [-0.25, -0.2) is 10.5 Å². The highest BCUT2D eigenvalue weighted by Gasteiger charge is 2.15. The first kappa shape index (κ1) is 15.9. The highest BCUT2D eigenvalue weighted by molar-refractivity contribution is 6.45. The van der Waals surface area contributed by atoms with Crippen LogP contribution in [0.3, 0.4) is 0 Å². The average Bonchev–Trinajstić information content (AvgIpc) is 2.52. The maximum absolute atomic E-state index is 12.3. The molecule has 2 rings (SSSR count). The molecule has 0 fully saturated rings. The topological polar surface area (TPSA) is 61.7 Å². The van der Waals surface area contributed by atoms with E-state index < -0.39 is 0 Å². The van der Waals surface area contributed by atoms with Gasteiger partial charge < -0.3 is 0 Å². The number of benzene rings is 2. The molecule has 0 heterocycles. The van der Waals surface area contributed by atoms with Crippen LogP contribution in [-0.4, -0.2) is 16.8 Å². The second kappa shape index (κ2) is 6.54. The number of hydrogen-bond donors (Lipinski definition) is 2. The van der Waals surface area contributed by atoms with Crippen LogP contribution in [0.2, 0.25) is 0 Å². The summed E-state index contributed by atoms with van der Waals surface area (Å²) in [4.78, 5) is 16.4. The highest BCUT2D eigenvalue weighted by Crippen LogP contribution is 2.24. The van der Waals surface area contributed by atoms with Gasteiger partial charge in [0.05, 0.1) is 5.69 Å². The summed E-state index contributed by atoms with van der Waals surface area (Å²) in [5, 5.41) is 9.20. The number of hydrogen-bond acceptors (Lipinski definition) is 3. The van der Waals surface area contributed by atoms with Gasteiger partial charge >= 0.3 is 0 Å². The summed E-state index contributed by atoms with van der Waals surface area (Å²) in [7, 11) is 0. The maximum atomic E-state index is 12.3. The van der Waals surface area contributed by atoms with Gasteiger partial charge in [-0.2, -0.15) is 0 Å². The number of ketones is 1. The zero-order chi connectivity index (χ0) is 16.2. The molecule has 22 heavy (non-hydrogen) atoms. The van der Waals surface area contributed by atoms with Crippen molar-refractivity contribution in [2.24, 2.45) is 4.99 Å². The van der Waals surface area contributed by atoms with Crippen molar-refractivity contribution in [1.82, 2.24) is 5.48 Å². The number of nitrogens with one attached hydrogen (secondary N) is 1. The number of hydroxylamine groups is 1. The zero-order valence-corrected chi connectivity index (χ0v) is 13.0. The van der Waals surface area contributed by atoms with Gasteiger partial charge in [-0.05, 0) is 23.1 Å². The van der Waals surface area contributed by atoms with Crippen molar-refractivity contribution >= 4 is 17.3 Å². The van der Waals surface area contributed by atoms with Crippen molar-refractivity contribution in [1.29, 1.82) is 0 Å². The number of amidine groups is 1. The van der Waals surface area contributed by atoms with Gasteiger partial charge in [-0.1, -0.05) is 63.2 Å². The molecule has 2 aromatic rings. The first-order valence-electron chi connectivity index (χ1n) is 7.11. The Balaban J connectivity index is 2.27. The molecule has 0 aliphatic rings. The molecule has 0 radical (unpaired) electrons. The Morgan fingerprint density at radius 3 is 2.09 bits per heavy atom. The minimum absolute atomic E-state index is 0.0557. The Hall–Kier alpha value is -2.46. The molecule has 0 unspecified atom stereocenters. The molecule has 0 spiro atoms. The van der Waals surface area contributed by atoms with Crippen LogP contribution in [0, 0.1) is 0 Å². The average molecular weight is 296 g/mol. The molecule has 0 saturated carbocycles. The second-order valence-corrected chi connectivity index (χ2v) is 6.06. The fraction of sp³-hybridized carbons (Fsp3) is 0.222. The summed E-state index contributed by atoms with van der Waals surface area (Å²) >= 11 is 0. The predicted octanol–water partition coefficient (Wildman–Crippen LogP) is 3.88. The molecular weight excluding hydrogens is 276 g/mol. The van der Waals surface area contributed by atoms with Gasteiger partial charge in [0, 0.05) is 5.56 Å². The lowest BCUT2D eigenvalue weighted by atomic mass is 9.87. The molecule has 0 aliphatic heterocycles. The second-order valence-electron chi connectivity index (χ2n) is 6.06. The smallest absolute Gasteiger partial charge is 0.230 e. The Morgan fingerprint density at radius 2 is 1.59 bits per heavy atom. The molecule has 4 heteroatoms.